The van der Waals surface area contributed by atoms with Crippen molar-refractivity contribution in [3.8, 4) is 0 Å². The van der Waals surface area contributed by atoms with Gasteiger partial charge in [0, 0.05) is 42.7 Å². The van der Waals surface area contributed by atoms with Crippen molar-refractivity contribution in [2.75, 3.05) is 6.54 Å². The van der Waals surface area contributed by atoms with Crippen LogP contribution in [0, 0.1) is 5.92 Å². The Kier molecular flexibility index (Phi) is 3.02. The predicted octanol–water partition coefficient (Wildman–Crippen LogP) is 3.35. The minimum absolute atomic E-state index is 0.321. The van der Waals surface area contributed by atoms with Crippen molar-refractivity contribution in [3.63, 3.8) is 0 Å². The van der Waals surface area contributed by atoms with Gasteiger partial charge in [0.2, 0.25) is 5.91 Å². The smallest absolute Gasteiger partial charge is 0.225 e. The van der Waals surface area contributed by atoms with E-state index in [-0.39, 0.29) is 0 Å². The number of aryl methyl sites for hydroxylation is 1. The molecule has 1 fully saturated rings. The minimum atomic E-state index is 0.321. The number of nitrogens with zero attached hydrogens (tertiary/aromatic N) is 2. The van der Waals surface area contributed by atoms with Crippen LogP contribution in [0.4, 0.5) is 0 Å². The van der Waals surface area contributed by atoms with Gasteiger partial charge in [-0.15, -0.1) is 0 Å². The molecule has 0 saturated heterocycles. The highest BCUT2D eigenvalue weighted by molar-refractivity contribution is 5.89. The Bertz CT molecular complexity index is 697. The fourth-order valence-electron chi connectivity index (χ4n) is 3.58. The zero-order chi connectivity index (χ0) is 14.4. The Labute approximate surface area is 125 Å². The summed E-state index contributed by atoms with van der Waals surface area (Å²) in [5.41, 5.74) is 4.08. The monoisotopic (exact) mass is 282 g/mol. The van der Waals surface area contributed by atoms with Gasteiger partial charge in [-0.3, -0.25) is 4.79 Å². The molecule has 2 heterocycles. The van der Waals surface area contributed by atoms with Gasteiger partial charge in [-0.25, -0.2) is 0 Å². The number of benzene rings is 1. The molecular weight excluding hydrogens is 260 g/mol. The topological polar surface area (TPSA) is 25.2 Å². The van der Waals surface area contributed by atoms with E-state index in [1.165, 1.54) is 22.0 Å². The van der Waals surface area contributed by atoms with Crippen LogP contribution in [0.3, 0.4) is 0 Å². The second-order valence-electron chi connectivity index (χ2n) is 6.44. The average Bonchev–Trinajstić information content (AvgIpc) is 3.29. The van der Waals surface area contributed by atoms with Crippen LogP contribution >= 0.6 is 0 Å². The molecule has 110 valence electrons. The van der Waals surface area contributed by atoms with Gasteiger partial charge in [0.1, 0.15) is 0 Å². The van der Waals surface area contributed by atoms with Gasteiger partial charge in [0.15, 0.2) is 0 Å². The number of carbonyl (C=O) groups excluding carboxylic acids is 1. The third-order valence-corrected chi connectivity index (χ3v) is 4.79. The number of carbonyl (C=O) groups is 1. The fourth-order valence-corrected chi connectivity index (χ4v) is 3.58. The van der Waals surface area contributed by atoms with Crippen LogP contribution in [0.25, 0.3) is 10.9 Å². The molecule has 4 rings (SSSR count). The first-order valence-electron chi connectivity index (χ1n) is 8.16. The Morgan fingerprint density at radius 1 is 1.29 bits per heavy atom. The molecule has 2 aliphatic rings. The third-order valence-electron chi connectivity index (χ3n) is 4.79. The molecule has 0 radical (unpaired) electrons. The highest BCUT2D eigenvalue weighted by atomic mass is 16.2. The van der Waals surface area contributed by atoms with E-state index in [1.807, 2.05) is 0 Å². The van der Waals surface area contributed by atoms with Crippen LogP contribution in [-0.4, -0.2) is 21.9 Å². The second-order valence-corrected chi connectivity index (χ2v) is 6.44. The van der Waals surface area contributed by atoms with Gasteiger partial charge in [-0.05, 0) is 42.9 Å². The van der Waals surface area contributed by atoms with E-state index in [1.54, 1.807) is 0 Å². The molecule has 0 N–H and O–H groups in total. The Morgan fingerprint density at radius 2 is 2.14 bits per heavy atom. The molecule has 21 heavy (non-hydrogen) atoms. The first-order chi connectivity index (χ1) is 10.3. The molecule has 1 saturated carbocycles. The van der Waals surface area contributed by atoms with Crippen LogP contribution in [-0.2, 0) is 24.3 Å². The van der Waals surface area contributed by atoms with Crippen LogP contribution in [0.2, 0.25) is 0 Å². The maximum absolute atomic E-state index is 12.4. The van der Waals surface area contributed by atoms with E-state index in [2.05, 4.69) is 40.8 Å². The normalized spacial score (nSPS) is 18.0. The molecule has 1 aliphatic carbocycles. The lowest BCUT2D eigenvalue weighted by atomic mass is 10.1. The predicted molar refractivity (Wildman–Crippen MR) is 84.1 cm³/mol. The van der Waals surface area contributed by atoms with E-state index >= 15 is 0 Å². The van der Waals surface area contributed by atoms with Crippen LogP contribution in [0.15, 0.2) is 24.4 Å². The largest absolute Gasteiger partial charge is 0.347 e. The maximum atomic E-state index is 12.4. The van der Waals surface area contributed by atoms with Crippen LogP contribution < -0.4 is 0 Å². The van der Waals surface area contributed by atoms with Crippen molar-refractivity contribution in [2.24, 2.45) is 5.92 Å². The summed E-state index contributed by atoms with van der Waals surface area (Å²) in [4.78, 5) is 14.5. The molecular formula is C18H22N2O. The van der Waals surface area contributed by atoms with Gasteiger partial charge in [-0.1, -0.05) is 19.1 Å². The first kappa shape index (κ1) is 12.9. The zero-order valence-electron chi connectivity index (χ0n) is 12.6. The van der Waals surface area contributed by atoms with Crippen molar-refractivity contribution < 1.29 is 4.79 Å². The Morgan fingerprint density at radius 3 is 2.90 bits per heavy atom. The summed E-state index contributed by atoms with van der Waals surface area (Å²) < 4.78 is 2.38. The third kappa shape index (κ3) is 2.15. The molecule has 1 aromatic heterocycles. The average molecular weight is 282 g/mol. The SMILES string of the molecule is CCCn1cc2c3c(cccc31)CN(C(=O)C1CC1)CC2. The maximum Gasteiger partial charge on any atom is 0.225 e. The lowest BCUT2D eigenvalue weighted by Gasteiger charge is -2.21. The molecule has 1 aliphatic heterocycles. The molecule has 0 spiro atoms. The second kappa shape index (κ2) is 4.90. The van der Waals surface area contributed by atoms with E-state index in [9.17, 15) is 4.79 Å². The summed E-state index contributed by atoms with van der Waals surface area (Å²) in [7, 11) is 0. The molecule has 1 aromatic carbocycles. The van der Waals surface area contributed by atoms with Crippen molar-refractivity contribution >= 4 is 16.8 Å². The van der Waals surface area contributed by atoms with Gasteiger partial charge >= 0.3 is 0 Å². The van der Waals surface area contributed by atoms with Gasteiger partial charge < -0.3 is 9.47 Å². The number of rotatable bonds is 3. The van der Waals surface area contributed by atoms with Gasteiger partial charge in [0.05, 0.1) is 0 Å². The molecule has 3 nitrogen and oxygen atoms in total. The summed E-state index contributed by atoms with van der Waals surface area (Å²) in [5, 5.41) is 1.40. The summed E-state index contributed by atoms with van der Waals surface area (Å²) in [6.07, 6.45) is 6.63. The van der Waals surface area contributed by atoms with Crippen LogP contribution in [0.5, 0.6) is 0 Å². The Balaban J connectivity index is 1.75. The number of amides is 1. The van der Waals surface area contributed by atoms with E-state index in [0.717, 1.165) is 45.3 Å². The molecule has 3 heteroatoms. The zero-order valence-corrected chi connectivity index (χ0v) is 12.6. The first-order valence-corrected chi connectivity index (χ1v) is 8.16. The quantitative estimate of drug-likeness (QED) is 0.847. The van der Waals surface area contributed by atoms with Crippen molar-refractivity contribution in [1.29, 1.82) is 0 Å². The lowest BCUT2D eigenvalue weighted by molar-refractivity contribution is -0.133. The van der Waals surface area contributed by atoms with Gasteiger partial charge in [0.25, 0.3) is 0 Å². The summed E-state index contributed by atoms with van der Waals surface area (Å²) in [6, 6.07) is 6.55. The Hall–Kier alpha value is -1.77. The number of hydrogen-bond donors (Lipinski definition) is 0. The molecule has 0 unspecified atom stereocenters. The number of aromatic nitrogens is 1. The standard InChI is InChI=1S/C18H22N2O/c1-2-9-19-11-15-8-10-20(18(21)13-6-7-13)12-14-4-3-5-16(19)17(14)15/h3-5,11,13H,2,6-10,12H2,1H3. The van der Waals surface area contributed by atoms with E-state index in [4.69, 9.17) is 0 Å². The lowest BCUT2D eigenvalue weighted by Crippen LogP contribution is -2.32. The van der Waals surface area contributed by atoms with Crippen LogP contribution in [0.1, 0.15) is 37.3 Å². The molecule has 2 aromatic rings. The number of hydrogen-bond acceptors (Lipinski definition) is 1. The summed E-state index contributed by atoms with van der Waals surface area (Å²) in [5.74, 6) is 0.695. The van der Waals surface area contributed by atoms with E-state index < -0.39 is 0 Å². The highest BCUT2D eigenvalue weighted by Crippen LogP contribution is 2.34. The molecule has 0 atom stereocenters. The molecule has 1 amide bonds. The van der Waals surface area contributed by atoms with Crippen molar-refractivity contribution in [1.82, 2.24) is 9.47 Å². The summed E-state index contributed by atoms with van der Waals surface area (Å²) in [6.45, 7) is 4.95. The highest BCUT2D eigenvalue weighted by Gasteiger charge is 2.34. The van der Waals surface area contributed by atoms with E-state index in [0.29, 0.717) is 11.8 Å². The molecule has 0 bridgehead atoms. The minimum Gasteiger partial charge on any atom is -0.347 e. The van der Waals surface area contributed by atoms with Crippen molar-refractivity contribution in [3.05, 3.63) is 35.5 Å². The van der Waals surface area contributed by atoms with Crippen molar-refractivity contribution in [2.45, 2.75) is 45.7 Å². The summed E-state index contributed by atoms with van der Waals surface area (Å²) >= 11 is 0. The fraction of sp³-hybridized carbons (Fsp3) is 0.500. The van der Waals surface area contributed by atoms with Gasteiger partial charge in [-0.2, -0.15) is 0 Å².